The van der Waals surface area contributed by atoms with Gasteiger partial charge < -0.3 is 10.2 Å². The first-order chi connectivity index (χ1) is 9.80. The molecule has 0 aliphatic heterocycles. The molecule has 22 heavy (non-hydrogen) atoms. The third-order valence-corrected chi connectivity index (χ3v) is 7.31. The Balaban J connectivity index is 2.08. The predicted molar refractivity (Wildman–Crippen MR) is 88.5 cm³/mol. The lowest BCUT2D eigenvalue weighted by Gasteiger charge is -2.41. The summed E-state index contributed by atoms with van der Waals surface area (Å²) in [6.07, 6.45) is 3.50. The number of hydrogen-bond donors (Lipinski definition) is 2. The number of carbonyl (C=O) groups excluding carboxylic acids is 1. The Labute approximate surface area is 135 Å². The molecule has 0 amide bonds. The van der Waals surface area contributed by atoms with Crippen molar-refractivity contribution >= 4 is 5.78 Å². The molecule has 2 N–H and O–H groups in total. The van der Waals surface area contributed by atoms with Crippen molar-refractivity contribution in [2.75, 3.05) is 0 Å². The molecule has 0 spiro atoms. The molecule has 0 saturated heterocycles. The maximum absolute atomic E-state index is 12.8. The molecular formula is C19H34O3. The first kappa shape index (κ1) is 17.9. The number of hydrogen-bond acceptors (Lipinski definition) is 3. The summed E-state index contributed by atoms with van der Waals surface area (Å²) >= 11 is 0. The molecule has 0 radical (unpaired) electrons. The van der Waals surface area contributed by atoms with Crippen LogP contribution >= 0.6 is 0 Å². The highest BCUT2D eigenvalue weighted by Gasteiger charge is 2.53. The SMILES string of the molecule is CC1(C)C[C@H](O)C[C@]1(C)CC(=O)C[C@@]1(C)C[C@@H](O)CC1(C)C. The molecule has 0 unspecified atom stereocenters. The van der Waals surface area contributed by atoms with Crippen molar-refractivity contribution in [1.82, 2.24) is 0 Å². The van der Waals surface area contributed by atoms with Crippen LogP contribution < -0.4 is 0 Å². The fraction of sp³-hybridized carbons (Fsp3) is 0.947. The van der Waals surface area contributed by atoms with E-state index in [-0.39, 0.29) is 39.7 Å². The second-order valence-corrected chi connectivity index (χ2v) is 9.91. The molecular weight excluding hydrogens is 276 g/mol. The normalized spacial score (nSPS) is 43.5. The van der Waals surface area contributed by atoms with Crippen molar-refractivity contribution in [1.29, 1.82) is 0 Å². The number of carbonyl (C=O) groups is 1. The molecule has 0 aromatic rings. The molecule has 3 heteroatoms. The molecule has 0 bridgehead atoms. The van der Waals surface area contributed by atoms with Crippen LogP contribution in [-0.2, 0) is 4.79 Å². The Hall–Kier alpha value is -0.410. The largest absolute Gasteiger partial charge is 0.393 e. The van der Waals surface area contributed by atoms with Gasteiger partial charge in [-0.15, -0.1) is 0 Å². The number of aliphatic hydroxyl groups excluding tert-OH is 2. The summed E-state index contributed by atoms with van der Waals surface area (Å²) in [6.45, 7) is 13.0. The topological polar surface area (TPSA) is 57.5 Å². The molecule has 0 heterocycles. The monoisotopic (exact) mass is 310 g/mol. The van der Waals surface area contributed by atoms with E-state index in [1.54, 1.807) is 0 Å². The van der Waals surface area contributed by atoms with E-state index in [0.29, 0.717) is 25.7 Å². The van der Waals surface area contributed by atoms with Crippen LogP contribution in [0.25, 0.3) is 0 Å². The van der Waals surface area contributed by atoms with Crippen LogP contribution in [0.5, 0.6) is 0 Å². The van der Waals surface area contributed by atoms with E-state index in [9.17, 15) is 15.0 Å². The van der Waals surface area contributed by atoms with Crippen LogP contribution in [0.3, 0.4) is 0 Å². The highest BCUT2D eigenvalue weighted by molar-refractivity contribution is 5.80. The van der Waals surface area contributed by atoms with Gasteiger partial charge in [-0.3, -0.25) is 4.79 Å². The van der Waals surface area contributed by atoms with Crippen LogP contribution in [0.1, 0.15) is 80.1 Å². The van der Waals surface area contributed by atoms with Crippen LogP contribution in [0.4, 0.5) is 0 Å². The van der Waals surface area contributed by atoms with Crippen LogP contribution in [0.15, 0.2) is 0 Å². The quantitative estimate of drug-likeness (QED) is 0.832. The summed E-state index contributed by atoms with van der Waals surface area (Å²) in [5.74, 6) is 0.286. The third-order valence-electron chi connectivity index (χ3n) is 7.31. The zero-order valence-electron chi connectivity index (χ0n) is 15.2. The van der Waals surface area contributed by atoms with Crippen molar-refractivity contribution in [3.05, 3.63) is 0 Å². The molecule has 0 aromatic heterocycles. The summed E-state index contributed by atoms with van der Waals surface area (Å²) in [6, 6.07) is 0. The number of rotatable bonds is 4. The summed E-state index contributed by atoms with van der Waals surface area (Å²) in [4.78, 5) is 12.8. The van der Waals surface area contributed by atoms with Crippen molar-refractivity contribution in [2.24, 2.45) is 21.7 Å². The van der Waals surface area contributed by atoms with Gasteiger partial charge in [0.05, 0.1) is 12.2 Å². The van der Waals surface area contributed by atoms with Gasteiger partial charge in [0.15, 0.2) is 0 Å². The van der Waals surface area contributed by atoms with Gasteiger partial charge in [0.1, 0.15) is 5.78 Å². The molecule has 2 aliphatic carbocycles. The zero-order valence-corrected chi connectivity index (χ0v) is 15.2. The molecule has 2 saturated carbocycles. The average Bonchev–Trinajstić information content (AvgIpc) is 2.54. The molecule has 2 fully saturated rings. The van der Waals surface area contributed by atoms with E-state index in [0.717, 1.165) is 12.8 Å². The van der Waals surface area contributed by atoms with Gasteiger partial charge in [0.2, 0.25) is 0 Å². The van der Waals surface area contributed by atoms with Gasteiger partial charge in [-0.05, 0) is 47.3 Å². The summed E-state index contributed by atoms with van der Waals surface area (Å²) in [5.41, 5.74) is -0.260. The van der Waals surface area contributed by atoms with E-state index < -0.39 is 0 Å². The highest BCUT2D eigenvalue weighted by Crippen LogP contribution is 2.57. The fourth-order valence-corrected chi connectivity index (χ4v) is 4.96. The Morgan fingerprint density at radius 2 is 1.09 bits per heavy atom. The van der Waals surface area contributed by atoms with Crippen molar-refractivity contribution in [2.45, 2.75) is 92.3 Å². The molecule has 2 aliphatic rings. The van der Waals surface area contributed by atoms with E-state index in [4.69, 9.17) is 0 Å². The summed E-state index contributed by atoms with van der Waals surface area (Å²) in [5, 5.41) is 20.0. The van der Waals surface area contributed by atoms with Crippen molar-refractivity contribution < 1.29 is 15.0 Å². The maximum Gasteiger partial charge on any atom is 0.134 e. The van der Waals surface area contributed by atoms with Gasteiger partial charge in [0, 0.05) is 12.8 Å². The molecule has 2 rings (SSSR count). The lowest BCUT2D eigenvalue weighted by atomic mass is 9.63. The fourth-order valence-electron chi connectivity index (χ4n) is 4.96. The zero-order chi connectivity index (χ0) is 17.0. The molecule has 3 nitrogen and oxygen atoms in total. The third kappa shape index (κ3) is 2.99. The van der Waals surface area contributed by atoms with Gasteiger partial charge in [0.25, 0.3) is 0 Å². The molecule has 4 atom stereocenters. The second kappa shape index (κ2) is 5.31. The molecule has 128 valence electrons. The van der Waals surface area contributed by atoms with Crippen LogP contribution in [0.2, 0.25) is 0 Å². The van der Waals surface area contributed by atoms with E-state index >= 15 is 0 Å². The van der Waals surface area contributed by atoms with Crippen molar-refractivity contribution in [3.8, 4) is 0 Å². The Morgan fingerprint density at radius 3 is 1.32 bits per heavy atom. The van der Waals surface area contributed by atoms with Crippen LogP contribution in [0, 0.1) is 21.7 Å². The van der Waals surface area contributed by atoms with Gasteiger partial charge in [-0.2, -0.15) is 0 Å². The average molecular weight is 310 g/mol. The second-order valence-electron chi connectivity index (χ2n) is 9.91. The minimum Gasteiger partial charge on any atom is -0.393 e. The Kier molecular flexibility index (Phi) is 4.33. The first-order valence-corrected chi connectivity index (χ1v) is 8.68. The van der Waals surface area contributed by atoms with Crippen molar-refractivity contribution in [3.63, 3.8) is 0 Å². The Morgan fingerprint density at radius 1 is 0.773 bits per heavy atom. The maximum atomic E-state index is 12.8. The summed E-state index contributed by atoms with van der Waals surface area (Å²) in [7, 11) is 0. The van der Waals surface area contributed by atoms with E-state index in [2.05, 4.69) is 41.5 Å². The molecule has 0 aromatic carbocycles. The number of Topliss-reactive ketones (excluding diaryl/α,β-unsaturated/α-hetero) is 1. The minimum atomic E-state index is -0.284. The minimum absolute atomic E-state index is 0.00626. The summed E-state index contributed by atoms with van der Waals surface area (Å²) < 4.78 is 0. The van der Waals surface area contributed by atoms with Gasteiger partial charge >= 0.3 is 0 Å². The van der Waals surface area contributed by atoms with Gasteiger partial charge in [-0.1, -0.05) is 41.5 Å². The van der Waals surface area contributed by atoms with Crippen LogP contribution in [-0.4, -0.2) is 28.2 Å². The van der Waals surface area contributed by atoms with E-state index in [1.807, 2.05) is 0 Å². The Bertz CT molecular complexity index is 414. The standard InChI is InChI=1S/C19H34O3/c1-16(2)7-13(20)9-18(16,5)11-15(22)12-19(6)10-14(21)8-17(19,3)4/h13-14,20-21H,7-12H2,1-6H3/t13-,14-,18+,19+/m0/s1. The first-order valence-electron chi connectivity index (χ1n) is 8.68. The lowest BCUT2D eigenvalue weighted by Crippen LogP contribution is -2.36. The predicted octanol–water partition coefficient (Wildman–Crippen LogP) is 3.71. The highest BCUT2D eigenvalue weighted by atomic mass is 16.3. The number of aliphatic hydroxyl groups is 2. The van der Waals surface area contributed by atoms with Gasteiger partial charge in [-0.25, -0.2) is 0 Å². The van der Waals surface area contributed by atoms with E-state index in [1.165, 1.54) is 0 Å². The number of ketones is 1. The lowest BCUT2D eigenvalue weighted by molar-refractivity contribution is -0.126. The smallest absolute Gasteiger partial charge is 0.134 e.